The average Bonchev–Trinajstić information content (AvgIpc) is 2.31. The number of benzene rings is 1. The van der Waals surface area contributed by atoms with E-state index < -0.39 is 9.84 Å². The molecule has 1 aromatic rings. The summed E-state index contributed by atoms with van der Waals surface area (Å²) in [6, 6.07) is 8.07. The van der Waals surface area contributed by atoms with Crippen LogP contribution in [0.25, 0.3) is 0 Å². The summed E-state index contributed by atoms with van der Waals surface area (Å²) in [5.41, 5.74) is 7.24. The lowest BCUT2D eigenvalue weighted by Gasteiger charge is -2.37. The predicted molar refractivity (Wildman–Crippen MR) is 80.8 cm³/mol. The highest BCUT2D eigenvalue weighted by Crippen LogP contribution is 2.27. The molecule has 1 aliphatic rings. The molecular formula is C13H19BrN2O2S. The van der Waals surface area contributed by atoms with Gasteiger partial charge in [0.15, 0.2) is 9.84 Å². The summed E-state index contributed by atoms with van der Waals surface area (Å²) >= 11 is 3.47. The second kappa shape index (κ2) is 5.91. The van der Waals surface area contributed by atoms with Gasteiger partial charge in [-0.3, -0.25) is 4.90 Å². The fraction of sp³-hybridized carbons (Fsp3) is 0.538. The second-order valence-electron chi connectivity index (χ2n) is 5.05. The molecule has 1 aliphatic heterocycles. The van der Waals surface area contributed by atoms with Crippen molar-refractivity contribution in [3.05, 3.63) is 34.3 Å². The molecule has 2 atom stereocenters. The van der Waals surface area contributed by atoms with Gasteiger partial charge in [-0.25, -0.2) is 8.42 Å². The first-order valence-electron chi connectivity index (χ1n) is 6.34. The summed E-state index contributed by atoms with van der Waals surface area (Å²) < 4.78 is 24.0. The first-order valence-corrected chi connectivity index (χ1v) is 8.96. The molecule has 2 unspecified atom stereocenters. The highest BCUT2D eigenvalue weighted by molar-refractivity contribution is 9.10. The molecule has 1 aromatic carbocycles. The molecule has 0 saturated carbocycles. The maximum absolute atomic E-state index is 11.5. The maximum atomic E-state index is 11.5. The van der Waals surface area contributed by atoms with Crippen LogP contribution < -0.4 is 5.73 Å². The third kappa shape index (κ3) is 3.78. The van der Waals surface area contributed by atoms with E-state index in [1.54, 1.807) is 0 Å². The van der Waals surface area contributed by atoms with E-state index >= 15 is 0 Å². The van der Waals surface area contributed by atoms with Crippen molar-refractivity contribution < 1.29 is 8.42 Å². The Kier molecular flexibility index (Phi) is 4.66. The highest BCUT2D eigenvalue weighted by Gasteiger charge is 2.30. The number of rotatable bonds is 3. The predicted octanol–water partition coefficient (Wildman–Crippen LogP) is 1.57. The van der Waals surface area contributed by atoms with Crippen LogP contribution in [0.1, 0.15) is 18.5 Å². The Bertz CT molecular complexity index is 531. The van der Waals surface area contributed by atoms with E-state index in [1.807, 2.05) is 25.1 Å². The van der Waals surface area contributed by atoms with Crippen molar-refractivity contribution in [3.8, 4) is 0 Å². The molecule has 1 saturated heterocycles. The molecule has 0 aromatic heterocycles. The molecule has 106 valence electrons. The fourth-order valence-electron chi connectivity index (χ4n) is 2.54. The third-order valence-electron chi connectivity index (χ3n) is 3.46. The third-order valence-corrected chi connectivity index (χ3v) is 5.56. The van der Waals surface area contributed by atoms with Crippen molar-refractivity contribution in [1.82, 2.24) is 4.90 Å². The number of nitrogens with zero attached hydrogens (tertiary/aromatic N) is 1. The van der Waals surface area contributed by atoms with Crippen molar-refractivity contribution in [2.45, 2.75) is 19.0 Å². The minimum absolute atomic E-state index is 0.0462. The first-order chi connectivity index (χ1) is 8.89. The molecular weight excluding hydrogens is 328 g/mol. The molecule has 0 bridgehead atoms. The molecule has 0 aliphatic carbocycles. The Morgan fingerprint density at radius 1 is 1.32 bits per heavy atom. The summed E-state index contributed by atoms with van der Waals surface area (Å²) in [7, 11) is -2.86. The van der Waals surface area contributed by atoms with Crippen molar-refractivity contribution in [3.63, 3.8) is 0 Å². The van der Waals surface area contributed by atoms with Crippen LogP contribution in [0, 0.1) is 0 Å². The normalized spacial score (nSPS) is 22.9. The lowest BCUT2D eigenvalue weighted by Crippen LogP contribution is -2.47. The zero-order valence-electron chi connectivity index (χ0n) is 10.9. The van der Waals surface area contributed by atoms with Gasteiger partial charge in [0.25, 0.3) is 0 Å². The molecule has 0 spiro atoms. The fourth-order valence-corrected chi connectivity index (χ4v) is 4.19. The van der Waals surface area contributed by atoms with Gasteiger partial charge in [0.05, 0.1) is 11.5 Å². The Balaban J connectivity index is 2.22. The molecule has 6 heteroatoms. The minimum Gasteiger partial charge on any atom is -0.326 e. The van der Waals surface area contributed by atoms with Crippen LogP contribution in [0.4, 0.5) is 0 Å². The molecule has 2 N–H and O–H groups in total. The largest absolute Gasteiger partial charge is 0.326 e. The minimum atomic E-state index is -2.86. The number of hydrogen-bond acceptors (Lipinski definition) is 4. The molecule has 1 heterocycles. The van der Waals surface area contributed by atoms with Crippen molar-refractivity contribution >= 4 is 25.8 Å². The summed E-state index contributed by atoms with van der Waals surface area (Å²) in [5, 5.41) is 0. The van der Waals surface area contributed by atoms with Crippen LogP contribution in [0.3, 0.4) is 0 Å². The lowest BCUT2D eigenvalue weighted by molar-refractivity contribution is 0.191. The number of halogens is 1. The average molecular weight is 347 g/mol. The summed E-state index contributed by atoms with van der Waals surface area (Å²) in [5.74, 6) is 0.453. The van der Waals surface area contributed by atoms with Crippen LogP contribution in [0.15, 0.2) is 28.7 Å². The molecule has 19 heavy (non-hydrogen) atoms. The van der Waals surface area contributed by atoms with Gasteiger partial charge in [-0.1, -0.05) is 28.1 Å². The standard InChI is InChI=1S/C13H19BrN2O2S/c1-10(15)13(11-3-2-4-12(14)9-11)16-5-7-19(17,18)8-6-16/h2-4,9-10,13H,5-8,15H2,1H3. The Morgan fingerprint density at radius 3 is 2.47 bits per heavy atom. The van der Waals surface area contributed by atoms with Gasteiger partial charge in [0, 0.05) is 29.6 Å². The number of sulfone groups is 1. The van der Waals surface area contributed by atoms with Gasteiger partial charge in [-0.2, -0.15) is 0 Å². The van der Waals surface area contributed by atoms with Gasteiger partial charge in [-0.05, 0) is 24.6 Å². The Labute approximate surface area is 123 Å². The zero-order chi connectivity index (χ0) is 14.0. The van der Waals surface area contributed by atoms with Crippen LogP contribution in [0.5, 0.6) is 0 Å². The van der Waals surface area contributed by atoms with E-state index in [1.165, 1.54) is 0 Å². The Hall–Kier alpha value is -0.430. The summed E-state index contributed by atoms with van der Waals surface area (Å²) in [6.07, 6.45) is 0. The number of nitrogens with two attached hydrogens (primary N) is 1. The van der Waals surface area contributed by atoms with Gasteiger partial charge in [0.2, 0.25) is 0 Å². The van der Waals surface area contributed by atoms with Crippen LogP contribution >= 0.6 is 15.9 Å². The van der Waals surface area contributed by atoms with Gasteiger partial charge in [-0.15, -0.1) is 0 Å². The van der Waals surface area contributed by atoms with Gasteiger partial charge >= 0.3 is 0 Å². The van der Waals surface area contributed by atoms with Crippen LogP contribution in [-0.2, 0) is 9.84 Å². The van der Waals surface area contributed by atoms with E-state index in [2.05, 4.69) is 26.9 Å². The van der Waals surface area contributed by atoms with E-state index in [-0.39, 0.29) is 23.6 Å². The quantitative estimate of drug-likeness (QED) is 0.902. The zero-order valence-corrected chi connectivity index (χ0v) is 13.3. The van der Waals surface area contributed by atoms with E-state index in [9.17, 15) is 8.42 Å². The molecule has 1 fully saturated rings. The SMILES string of the molecule is CC(N)C(c1cccc(Br)c1)N1CCS(=O)(=O)CC1. The van der Waals surface area contributed by atoms with Crippen molar-refractivity contribution in [2.75, 3.05) is 24.6 Å². The van der Waals surface area contributed by atoms with E-state index in [0.29, 0.717) is 13.1 Å². The van der Waals surface area contributed by atoms with Crippen LogP contribution in [0.2, 0.25) is 0 Å². The van der Waals surface area contributed by atoms with Gasteiger partial charge in [0.1, 0.15) is 0 Å². The van der Waals surface area contributed by atoms with E-state index in [0.717, 1.165) is 10.0 Å². The first kappa shape index (κ1) is 15.0. The Morgan fingerprint density at radius 2 is 1.95 bits per heavy atom. The molecule has 0 amide bonds. The summed E-state index contributed by atoms with van der Waals surface area (Å²) in [6.45, 7) is 3.08. The lowest BCUT2D eigenvalue weighted by atomic mass is 9.99. The van der Waals surface area contributed by atoms with E-state index in [4.69, 9.17) is 5.73 Å². The van der Waals surface area contributed by atoms with Crippen LogP contribution in [-0.4, -0.2) is 44.0 Å². The molecule has 4 nitrogen and oxygen atoms in total. The monoisotopic (exact) mass is 346 g/mol. The molecule has 0 radical (unpaired) electrons. The maximum Gasteiger partial charge on any atom is 0.152 e. The molecule has 2 rings (SSSR count). The number of hydrogen-bond donors (Lipinski definition) is 1. The second-order valence-corrected chi connectivity index (χ2v) is 8.27. The summed E-state index contributed by atoms with van der Waals surface area (Å²) in [4.78, 5) is 2.17. The van der Waals surface area contributed by atoms with Crippen molar-refractivity contribution in [1.29, 1.82) is 0 Å². The van der Waals surface area contributed by atoms with Crippen molar-refractivity contribution in [2.24, 2.45) is 5.73 Å². The highest BCUT2D eigenvalue weighted by atomic mass is 79.9. The van der Waals surface area contributed by atoms with Gasteiger partial charge < -0.3 is 5.73 Å². The smallest absolute Gasteiger partial charge is 0.152 e. The topological polar surface area (TPSA) is 63.4 Å².